The highest BCUT2D eigenvalue weighted by atomic mass is 32.1. The van der Waals surface area contributed by atoms with Gasteiger partial charge in [-0.25, -0.2) is 14.4 Å². The maximum absolute atomic E-state index is 13.8. The van der Waals surface area contributed by atoms with Crippen molar-refractivity contribution in [2.24, 2.45) is 0 Å². The number of aromatic nitrogens is 2. The molecule has 1 saturated heterocycles. The molecule has 1 aliphatic heterocycles. The Bertz CT molecular complexity index is 967. The molecule has 4 rings (SSSR count). The molecule has 3 aromatic rings. The van der Waals surface area contributed by atoms with E-state index in [1.807, 2.05) is 12.1 Å². The molecule has 26 heavy (non-hydrogen) atoms. The Labute approximate surface area is 153 Å². The highest BCUT2D eigenvalue weighted by molar-refractivity contribution is 7.18. The van der Waals surface area contributed by atoms with Crippen LogP contribution in [0, 0.1) is 5.82 Å². The fourth-order valence-corrected chi connectivity index (χ4v) is 3.96. The lowest BCUT2D eigenvalue weighted by atomic mass is 10.1. The first-order valence-corrected chi connectivity index (χ1v) is 9.12. The fraction of sp³-hybridized carbons (Fsp3) is 0.211. The fourth-order valence-electron chi connectivity index (χ4n) is 3.06. The highest BCUT2D eigenvalue weighted by Gasteiger charge is 2.16. The molecule has 0 saturated carbocycles. The molecular weight excluding hydrogens is 353 g/mol. The SMILES string of the molecule is O=Cc1cc(-c2cnc(-c3ccnc(N4CCCC4)c3)s2)cc(F)c1O. The summed E-state index contributed by atoms with van der Waals surface area (Å²) in [6.07, 6.45) is 6.22. The Morgan fingerprint density at radius 3 is 2.73 bits per heavy atom. The van der Waals surface area contributed by atoms with Crippen LogP contribution < -0.4 is 4.90 Å². The van der Waals surface area contributed by atoms with Gasteiger partial charge in [0.25, 0.3) is 0 Å². The molecule has 0 bridgehead atoms. The topological polar surface area (TPSA) is 66.3 Å². The van der Waals surface area contributed by atoms with Gasteiger partial charge in [-0.1, -0.05) is 0 Å². The summed E-state index contributed by atoms with van der Waals surface area (Å²) in [6.45, 7) is 2.03. The van der Waals surface area contributed by atoms with Gasteiger partial charge in [0.1, 0.15) is 10.8 Å². The molecule has 0 aliphatic carbocycles. The lowest BCUT2D eigenvalue weighted by Gasteiger charge is -2.16. The van der Waals surface area contributed by atoms with Gasteiger partial charge in [0.15, 0.2) is 17.9 Å². The highest BCUT2D eigenvalue weighted by Crippen LogP contribution is 2.35. The van der Waals surface area contributed by atoms with Gasteiger partial charge in [-0.05, 0) is 42.7 Å². The Kier molecular flexibility index (Phi) is 4.38. The first-order chi connectivity index (χ1) is 12.7. The largest absolute Gasteiger partial charge is 0.504 e. The van der Waals surface area contributed by atoms with E-state index in [9.17, 15) is 14.3 Å². The first kappa shape index (κ1) is 16.7. The maximum Gasteiger partial charge on any atom is 0.166 e. The van der Waals surface area contributed by atoms with E-state index >= 15 is 0 Å². The molecule has 0 spiro atoms. The third-order valence-corrected chi connectivity index (χ3v) is 5.53. The van der Waals surface area contributed by atoms with Gasteiger partial charge in [0.05, 0.1) is 10.4 Å². The average molecular weight is 369 g/mol. The van der Waals surface area contributed by atoms with Crippen molar-refractivity contribution in [1.29, 1.82) is 0 Å². The number of rotatable bonds is 4. The van der Waals surface area contributed by atoms with E-state index in [0.29, 0.717) is 11.8 Å². The Morgan fingerprint density at radius 2 is 1.96 bits per heavy atom. The van der Waals surface area contributed by atoms with Crippen molar-refractivity contribution in [2.75, 3.05) is 18.0 Å². The zero-order valence-corrected chi connectivity index (χ0v) is 14.7. The first-order valence-electron chi connectivity index (χ1n) is 8.31. The van der Waals surface area contributed by atoms with Crippen LogP contribution in [0.4, 0.5) is 10.2 Å². The molecule has 1 N–H and O–H groups in total. The molecule has 5 nitrogen and oxygen atoms in total. The van der Waals surface area contributed by atoms with Gasteiger partial charge in [0.2, 0.25) is 0 Å². The maximum atomic E-state index is 13.8. The number of carbonyl (C=O) groups excluding carboxylic acids is 1. The van der Waals surface area contributed by atoms with Gasteiger partial charge in [-0.2, -0.15) is 0 Å². The number of anilines is 1. The van der Waals surface area contributed by atoms with E-state index < -0.39 is 11.6 Å². The predicted octanol–water partition coefficient (Wildman–Crippen LogP) is 4.13. The minimum Gasteiger partial charge on any atom is -0.504 e. The van der Waals surface area contributed by atoms with E-state index in [4.69, 9.17) is 0 Å². The number of aldehydes is 1. The van der Waals surface area contributed by atoms with Crippen LogP contribution >= 0.6 is 11.3 Å². The summed E-state index contributed by atoms with van der Waals surface area (Å²) in [6, 6.07) is 6.59. The van der Waals surface area contributed by atoms with E-state index in [1.54, 1.807) is 12.4 Å². The van der Waals surface area contributed by atoms with Crippen molar-refractivity contribution in [2.45, 2.75) is 12.8 Å². The summed E-state index contributed by atoms with van der Waals surface area (Å²) in [5.41, 5.74) is 1.39. The second kappa shape index (κ2) is 6.84. The smallest absolute Gasteiger partial charge is 0.166 e. The van der Waals surface area contributed by atoms with Gasteiger partial charge in [-0.15, -0.1) is 11.3 Å². The molecule has 0 atom stereocenters. The third-order valence-electron chi connectivity index (χ3n) is 4.43. The van der Waals surface area contributed by atoms with Crippen LogP contribution in [0.1, 0.15) is 23.2 Å². The molecule has 1 aromatic carbocycles. The number of halogens is 1. The van der Waals surface area contributed by atoms with Crippen LogP contribution in [-0.4, -0.2) is 34.5 Å². The lowest BCUT2D eigenvalue weighted by Crippen LogP contribution is -2.18. The summed E-state index contributed by atoms with van der Waals surface area (Å²) < 4.78 is 13.8. The zero-order chi connectivity index (χ0) is 18.1. The zero-order valence-electron chi connectivity index (χ0n) is 13.9. The predicted molar refractivity (Wildman–Crippen MR) is 99.2 cm³/mol. The number of hydrogen-bond acceptors (Lipinski definition) is 6. The molecule has 1 fully saturated rings. The van der Waals surface area contributed by atoms with Crippen LogP contribution in [0.3, 0.4) is 0 Å². The summed E-state index contributed by atoms with van der Waals surface area (Å²) in [5.74, 6) is -0.506. The second-order valence-corrected chi connectivity index (χ2v) is 7.17. The van der Waals surface area contributed by atoms with Crippen LogP contribution in [0.5, 0.6) is 5.75 Å². The van der Waals surface area contributed by atoms with Crippen molar-refractivity contribution in [3.63, 3.8) is 0 Å². The number of thiazole rings is 1. The minimum atomic E-state index is -0.820. The summed E-state index contributed by atoms with van der Waals surface area (Å²) in [5, 5.41) is 10.4. The molecule has 7 heteroatoms. The molecule has 2 aromatic heterocycles. The number of hydrogen-bond donors (Lipinski definition) is 1. The van der Waals surface area contributed by atoms with Crippen LogP contribution in [0.2, 0.25) is 0 Å². The molecule has 3 heterocycles. The quantitative estimate of drug-likeness (QED) is 0.701. The molecule has 0 radical (unpaired) electrons. The molecule has 0 unspecified atom stereocenters. The number of nitrogens with zero attached hydrogens (tertiary/aromatic N) is 3. The van der Waals surface area contributed by atoms with E-state index in [0.717, 1.165) is 34.4 Å². The third kappa shape index (κ3) is 3.06. The Balaban J connectivity index is 1.67. The van der Waals surface area contributed by atoms with Crippen LogP contribution in [0.25, 0.3) is 21.0 Å². The van der Waals surface area contributed by atoms with Gasteiger partial charge in [-0.3, -0.25) is 4.79 Å². The summed E-state index contributed by atoms with van der Waals surface area (Å²) in [4.78, 5) is 22.9. The molecule has 0 amide bonds. The van der Waals surface area contributed by atoms with Gasteiger partial charge in [0, 0.05) is 31.0 Å². The van der Waals surface area contributed by atoms with E-state index in [2.05, 4.69) is 14.9 Å². The number of aromatic hydroxyl groups is 1. The summed E-state index contributed by atoms with van der Waals surface area (Å²) >= 11 is 1.40. The molecule has 1 aliphatic rings. The van der Waals surface area contributed by atoms with Crippen molar-refractivity contribution in [1.82, 2.24) is 9.97 Å². The lowest BCUT2D eigenvalue weighted by molar-refractivity contribution is 0.112. The Morgan fingerprint density at radius 1 is 1.15 bits per heavy atom. The van der Waals surface area contributed by atoms with Crippen LogP contribution in [0.15, 0.2) is 36.7 Å². The average Bonchev–Trinajstić information content (AvgIpc) is 3.36. The molecular formula is C19H16FN3O2S. The van der Waals surface area contributed by atoms with Gasteiger partial charge < -0.3 is 10.0 Å². The Hall–Kier alpha value is -2.80. The van der Waals surface area contributed by atoms with Gasteiger partial charge >= 0.3 is 0 Å². The van der Waals surface area contributed by atoms with E-state index in [1.165, 1.54) is 36.3 Å². The van der Waals surface area contributed by atoms with Crippen molar-refractivity contribution in [3.8, 4) is 26.8 Å². The van der Waals surface area contributed by atoms with Crippen molar-refractivity contribution >= 4 is 23.4 Å². The number of phenolic OH excluding ortho intramolecular Hbond substituents is 1. The van der Waals surface area contributed by atoms with Crippen molar-refractivity contribution in [3.05, 3.63) is 48.0 Å². The van der Waals surface area contributed by atoms with Crippen LogP contribution in [-0.2, 0) is 0 Å². The number of benzene rings is 1. The number of phenols is 1. The number of pyridine rings is 1. The number of carbonyl (C=O) groups is 1. The standard InChI is InChI=1S/C19H16FN3O2S/c20-15-8-13(7-14(11-24)18(15)25)16-10-22-19(26-16)12-3-4-21-17(9-12)23-5-1-2-6-23/h3-4,7-11,25H,1-2,5-6H2. The minimum absolute atomic E-state index is 0.0739. The van der Waals surface area contributed by atoms with E-state index in [-0.39, 0.29) is 5.56 Å². The monoisotopic (exact) mass is 369 g/mol. The summed E-state index contributed by atoms with van der Waals surface area (Å²) in [7, 11) is 0. The normalized spacial score (nSPS) is 14.0. The second-order valence-electron chi connectivity index (χ2n) is 6.14. The van der Waals surface area contributed by atoms with Crippen molar-refractivity contribution < 1.29 is 14.3 Å². The molecule has 132 valence electrons.